The smallest absolute Gasteiger partial charge is 0.264 e. The summed E-state index contributed by atoms with van der Waals surface area (Å²) in [5.74, 6) is -0.950. The van der Waals surface area contributed by atoms with Crippen molar-refractivity contribution in [2.24, 2.45) is 17.3 Å². The summed E-state index contributed by atoms with van der Waals surface area (Å²) in [4.78, 5) is 76.9. The lowest BCUT2D eigenvalue weighted by molar-refractivity contribution is -0.136. The molecule has 2 fully saturated rings. The van der Waals surface area contributed by atoms with E-state index in [1.165, 1.54) is 0 Å². The molecule has 5 amide bonds. The highest BCUT2D eigenvalue weighted by Crippen LogP contribution is 2.57. The molecule has 0 bridgehead atoms. The van der Waals surface area contributed by atoms with Crippen LogP contribution < -0.4 is 10.1 Å². The summed E-state index contributed by atoms with van der Waals surface area (Å²) in [6, 6.07) is 12.7. The molecular weight excluding hydrogens is 576 g/mol. The minimum absolute atomic E-state index is 0.0116. The summed E-state index contributed by atoms with van der Waals surface area (Å²) < 4.78 is 6.07. The zero-order valence-corrected chi connectivity index (χ0v) is 26.4. The van der Waals surface area contributed by atoms with E-state index < -0.39 is 17.9 Å². The molecule has 0 spiro atoms. The predicted molar refractivity (Wildman–Crippen MR) is 166 cm³/mol. The SMILES string of the molecule is Cc1cccc(OCc2ccc(CN3CCN(C(=O)C4C(C=O)C4(C)C)CC3)cc2)c1C(=O)N(C=O)C(C)CCC(=O)NC=O. The average Bonchev–Trinajstić information content (AvgIpc) is 3.60. The minimum Gasteiger partial charge on any atom is -0.488 e. The molecule has 2 aliphatic rings. The summed E-state index contributed by atoms with van der Waals surface area (Å²) >= 11 is 0. The Labute approximate surface area is 263 Å². The van der Waals surface area contributed by atoms with Gasteiger partial charge in [-0.1, -0.05) is 50.2 Å². The fourth-order valence-electron chi connectivity index (χ4n) is 6.02. The molecule has 1 saturated carbocycles. The van der Waals surface area contributed by atoms with Crippen LogP contribution in [0.3, 0.4) is 0 Å². The molecule has 1 aliphatic heterocycles. The van der Waals surface area contributed by atoms with Gasteiger partial charge in [0.1, 0.15) is 18.6 Å². The van der Waals surface area contributed by atoms with E-state index >= 15 is 0 Å². The summed E-state index contributed by atoms with van der Waals surface area (Å²) in [5, 5.41) is 2.05. The molecule has 1 heterocycles. The number of ether oxygens (including phenoxy) is 1. The number of aldehydes is 1. The van der Waals surface area contributed by atoms with E-state index in [4.69, 9.17) is 4.74 Å². The molecule has 4 rings (SSSR count). The van der Waals surface area contributed by atoms with Gasteiger partial charge < -0.3 is 14.4 Å². The van der Waals surface area contributed by atoms with Crippen molar-refractivity contribution in [1.29, 1.82) is 0 Å². The Hall–Kier alpha value is -4.38. The molecule has 1 saturated heterocycles. The van der Waals surface area contributed by atoms with Crippen molar-refractivity contribution in [3.8, 4) is 5.75 Å². The van der Waals surface area contributed by atoms with Gasteiger partial charge in [-0.15, -0.1) is 0 Å². The number of rotatable bonds is 14. The molecule has 3 atom stereocenters. The van der Waals surface area contributed by atoms with Crippen LogP contribution >= 0.6 is 0 Å². The number of amides is 5. The van der Waals surface area contributed by atoms with Crippen molar-refractivity contribution in [2.75, 3.05) is 26.2 Å². The Balaban J connectivity index is 1.30. The first-order valence-electron chi connectivity index (χ1n) is 15.3. The van der Waals surface area contributed by atoms with E-state index in [9.17, 15) is 28.8 Å². The van der Waals surface area contributed by atoms with E-state index in [1.54, 1.807) is 32.0 Å². The number of benzene rings is 2. The first-order valence-corrected chi connectivity index (χ1v) is 15.3. The number of imide groups is 2. The molecule has 2 aromatic rings. The number of aryl methyl sites for hydroxylation is 1. The van der Waals surface area contributed by atoms with Crippen molar-refractivity contribution in [3.05, 3.63) is 64.7 Å². The van der Waals surface area contributed by atoms with Crippen LogP contribution in [0.1, 0.15) is 60.7 Å². The molecule has 1 N–H and O–H groups in total. The monoisotopic (exact) mass is 618 g/mol. The maximum Gasteiger partial charge on any atom is 0.264 e. The number of hydrogen-bond acceptors (Lipinski definition) is 8. The van der Waals surface area contributed by atoms with Crippen molar-refractivity contribution in [3.63, 3.8) is 0 Å². The van der Waals surface area contributed by atoms with Crippen LogP contribution in [0.15, 0.2) is 42.5 Å². The van der Waals surface area contributed by atoms with Gasteiger partial charge in [0.15, 0.2) is 0 Å². The molecule has 240 valence electrons. The van der Waals surface area contributed by atoms with Gasteiger partial charge in [0.05, 0.1) is 11.5 Å². The molecule has 11 nitrogen and oxygen atoms in total. The number of hydrogen-bond donors (Lipinski definition) is 1. The van der Waals surface area contributed by atoms with Gasteiger partial charge >= 0.3 is 0 Å². The van der Waals surface area contributed by atoms with Crippen molar-refractivity contribution < 1.29 is 33.5 Å². The van der Waals surface area contributed by atoms with Crippen molar-refractivity contribution in [1.82, 2.24) is 20.0 Å². The Morgan fingerprint density at radius 2 is 1.69 bits per heavy atom. The highest BCUT2D eigenvalue weighted by atomic mass is 16.5. The first kappa shape index (κ1) is 33.5. The standard InChI is InChI=1S/C34H42N4O7/c1-23-6-5-7-28(30(23)32(43)38(22-41)24(2)8-13-29(42)35-21-40)45-20-26-11-9-25(10-12-26)18-36-14-16-37(17-15-36)33(44)31-27(19-39)34(31,3)4/h5-7,9-12,19,21-22,24,27,31H,8,13-18,20H2,1-4H3,(H,35,40,42). The molecule has 3 unspecified atom stereocenters. The predicted octanol–water partition coefficient (Wildman–Crippen LogP) is 2.73. The number of carbonyl (C=O) groups is 6. The van der Waals surface area contributed by atoms with E-state index in [0.29, 0.717) is 37.2 Å². The molecule has 45 heavy (non-hydrogen) atoms. The van der Waals surface area contributed by atoms with Crippen LogP contribution in [-0.2, 0) is 37.1 Å². The second-order valence-corrected chi connectivity index (χ2v) is 12.5. The molecular formula is C34H42N4O7. The average molecular weight is 619 g/mol. The molecule has 11 heteroatoms. The van der Waals surface area contributed by atoms with Crippen LogP contribution in [0.4, 0.5) is 0 Å². The van der Waals surface area contributed by atoms with E-state index in [1.807, 2.05) is 43.0 Å². The Morgan fingerprint density at radius 1 is 1.02 bits per heavy atom. The van der Waals surface area contributed by atoms with Gasteiger partial charge in [0, 0.05) is 51.1 Å². The zero-order valence-electron chi connectivity index (χ0n) is 26.4. The quantitative estimate of drug-likeness (QED) is 0.320. The summed E-state index contributed by atoms with van der Waals surface area (Å²) in [6.45, 7) is 11.2. The molecule has 2 aromatic carbocycles. The third kappa shape index (κ3) is 7.83. The van der Waals surface area contributed by atoms with E-state index in [-0.39, 0.29) is 48.2 Å². The van der Waals surface area contributed by atoms with Crippen molar-refractivity contribution in [2.45, 2.75) is 59.7 Å². The van der Waals surface area contributed by atoms with Crippen molar-refractivity contribution >= 4 is 36.8 Å². The number of nitrogens with one attached hydrogen (secondary N) is 1. The van der Waals surface area contributed by atoms with Crippen LogP contribution in [0.2, 0.25) is 0 Å². The van der Waals surface area contributed by atoms with Gasteiger partial charge in [-0.2, -0.15) is 0 Å². The summed E-state index contributed by atoms with van der Waals surface area (Å²) in [6.07, 6.45) is 1.86. The zero-order chi connectivity index (χ0) is 32.7. The Kier molecular flexibility index (Phi) is 10.9. The number of nitrogens with zero attached hydrogens (tertiary/aromatic N) is 3. The Morgan fingerprint density at radius 3 is 2.29 bits per heavy atom. The highest BCUT2D eigenvalue weighted by molar-refractivity contribution is 6.03. The van der Waals surface area contributed by atoms with Crippen LogP contribution in [-0.4, -0.2) is 83.7 Å². The second-order valence-electron chi connectivity index (χ2n) is 12.5. The van der Waals surface area contributed by atoms with Gasteiger partial charge in [-0.25, -0.2) is 0 Å². The highest BCUT2D eigenvalue weighted by Gasteiger charge is 2.62. The number of carbonyl (C=O) groups excluding carboxylic acids is 6. The van der Waals surface area contributed by atoms with Crippen LogP contribution in [0, 0.1) is 24.2 Å². The van der Waals surface area contributed by atoms with E-state index in [0.717, 1.165) is 41.9 Å². The van der Waals surface area contributed by atoms with Crippen LogP contribution in [0.25, 0.3) is 0 Å². The van der Waals surface area contributed by atoms with E-state index in [2.05, 4.69) is 10.2 Å². The molecule has 0 radical (unpaired) electrons. The van der Waals surface area contributed by atoms with Gasteiger partial charge in [0.2, 0.25) is 24.6 Å². The second kappa shape index (κ2) is 14.6. The maximum atomic E-state index is 13.4. The first-order chi connectivity index (χ1) is 21.5. The lowest BCUT2D eigenvalue weighted by Crippen LogP contribution is -2.49. The largest absolute Gasteiger partial charge is 0.488 e. The third-order valence-electron chi connectivity index (χ3n) is 9.11. The van der Waals surface area contributed by atoms with Gasteiger partial charge in [-0.05, 0) is 48.4 Å². The summed E-state index contributed by atoms with van der Waals surface area (Å²) in [7, 11) is 0. The van der Waals surface area contributed by atoms with Crippen LogP contribution in [0.5, 0.6) is 5.75 Å². The fourth-order valence-corrected chi connectivity index (χ4v) is 6.02. The summed E-state index contributed by atoms with van der Waals surface area (Å²) in [5.41, 5.74) is 2.72. The molecule has 0 aromatic heterocycles. The minimum atomic E-state index is -0.573. The maximum absolute atomic E-state index is 13.4. The lowest BCUT2D eigenvalue weighted by Gasteiger charge is -2.35. The topological polar surface area (TPSA) is 133 Å². The Bertz CT molecular complexity index is 1420. The van der Waals surface area contributed by atoms with Gasteiger partial charge in [0.25, 0.3) is 5.91 Å². The lowest BCUT2D eigenvalue weighted by atomic mass is 10.0. The number of piperazine rings is 1. The van der Waals surface area contributed by atoms with Gasteiger partial charge in [-0.3, -0.25) is 39.1 Å². The fraction of sp³-hybridized carbons (Fsp3) is 0.471. The molecule has 1 aliphatic carbocycles. The normalized spacial score (nSPS) is 19.6. The third-order valence-corrected chi connectivity index (χ3v) is 9.11.